The standard InChI is InChI=1S/C24H26N4O3/c1-3-24(18-7-5-4-6-8-18)15-31-21-19(23(30)25-2)11-17(12-20(21)24)22(29)26-10-9-16-13-27-28-14-16/h4-8,11-14H,3,9-10,15H2,1-2H3,(H,25,30)(H,26,29)(H,27,28). The zero-order chi connectivity index (χ0) is 21.8. The van der Waals surface area contributed by atoms with Crippen LogP contribution in [0.3, 0.4) is 0 Å². The van der Waals surface area contributed by atoms with E-state index in [4.69, 9.17) is 4.74 Å². The molecule has 1 aromatic heterocycles. The highest BCUT2D eigenvalue weighted by Crippen LogP contribution is 2.47. The minimum absolute atomic E-state index is 0.221. The Morgan fingerprint density at radius 1 is 1.19 bits per heavy atom. The zero-order valence-electron chi connectivity index (χ0n) is 17.7. The summed E-state index contributed by atoms with van der Waals surface area (Å²) in [4.78, 5) is 25.6. The molecule has 0 fully saturated rings. The maximum absolute atomic E-state index is 13.0. The molecule has 1 aliphatic rings. The van der Waals surface area contributed by atoms with Crippen molar-refractivity contribution in [1.29, 1.82) is 0 Å². The second kappa shape index (κ2) is 8.63. The molecule has 1 atom stereocenters. The number of amides is 2. The second-order valence-electron chi connectivity index (χ2n) is 7.68. The third-order valence-electron chi connectivity index (χ3n) is 5.99. The lowest BCUT2D eigenvalue weighted by Crippen LogP contribution is -2.30. The van der Waals surface area contributed by atoms with Crippen molar-refractivity contribution in [3.8, 4) is 5.75 Å². The van der Waals surface area contributed by atoms with Gasteiger partial charge in [-0.05, 0) is 36.1 Å². The van der Waals surface area contributed by atoms with Gasteiger partial charge in [0.15, 0.2) is 0 Å². The normalized spacial score (nSPS) is 17.0. The number of fused-ring (bicyclic) bond motifs is 1. The van der Waals surface area contributed by atoms with Crippen molar-refractivity contribution >= 4 is 11.8 Å². The fourth-order valence-electron chi connectivity index (χ4n) is 4.18. The molecule has 0 spiro atoms. The highest BCUT2D eigenvalue weighted by atomic mass is 16.5. The van der Waals surface area contributed by atoms with Crippen molar-refractivity contribution in [2.45, 2.75) is 25.2 Å². The highest BCUT2D eigenvalue weighted by molar-refractivity contribution is 6.02. The number of nitrogens with zero attached hydrogens (tertiary/aromatic N) is 1. The number of aromatic amines is 1. The highest BCUT2D eigenvalue weighted by Gasteiger charge is 2.43. The smallest absolute Gasteiger partial charge is 0.254 e. The molecule has 160 valence electrons. The molecule has 1 aliphatic heterocycles. The Morgan fingerprint density at radius 3 is 2.68 bits per heavy atom. The summed E-state index contributed by atoms with van der Waals surface area (Å²) in [5.74, 6) is 0.0608. The lowest BCUT2D eigenvalue weighted by Gasteiger charge is -2.27. The monoisotopic (exact) mass is 418 g/mol. The van der Waals surface area contributed by atoms with E-state index in [1.165, 1.54) is 0 Å². The van der Waals surface area contributed by atoms with Crippen LogP contribution in [-0.4, -0.2) is 42.2 Å². The quantitative estimate of drug-likeness (QED) is 0.550. The molecule has 2 heterocycles. The van der Waals surface area contributed by atoms with E-state index in [1.54, 1.807) is 25.5 Å². The molecule has 4 rings (SSSR count). The van der Waals surface area contributed by atoms with Crippen LogP contribution >= 0.6 is 0 Å². The second-order valence-corrected chi connectivity index (χ2v) is 7.68. The molecule has 0 radical (unpaired) electrons. The maximum Gasteiger partial charge on any atom is 0.254 e. The molecule has 0 saturated heterocycles. The van der Waals surface area contributed by atoms with Gasteiger partial charge in [0.1, 0.15) is 12.4 Å². The Balaban J connectivity index is 1.71. The van der Waals surface area contributed by atoms with Gasteiger partial charge in [0.05, 0.1) is 17.2 Å². The molecule has 0 aliphatic carbocycles. The molecular formula is C24H26N4O3. The van der Waals surface area contributed by atoms with Crippen LogP contribution in [0.4, 0.5) is 0 Å². The number of hydrogen-bond acceptors (Lipinski definition) is 4. The summed E-state index contributed by atoms with van der Waals surface area (Å²) in [5.41, 5.74) is 3.42. The lowest BCUT2D eigenvalue weighted by atomic mass is 9.73. The van der Waals surface area contributed by atoms with Crippen molar-refractivity contribution in [1.82, 2.24) is 20.8 Å². The van der Waals surface area contributed by atoms with E-state index in [-0.39, 0.29) is 11.8 Å². The fourth-order valence-corrected chi connectivity index (χ4v) is 4.18. The van der Waals surface area contributed by atoms with Crippen LogP contribution in [0.5, 0.6) is 5.75 Å². The van der Waals surface area contributed by atoms with Gasteiger partial charge in [-0.1, -0.05) is 37.3 Å². The van der Waals surface area contributed by atoms with Gasteiger partial charge >= 0.3 is 0 Å². The number of carbonyl (C=O) groups is 2. The minimum Gasteiger partial charge on any atom is -0.491 e. The lowest BCUT2D eigenvalue weighted by molar-refractivity contribution is 0.0954. The Kier molecular flexibility index (Phi) is 5.75. The SMILES string of the molecule is CCC1(c2ccccc2)COc2c(C(=O)NC)cc(C(=O)NCCc3cn[nH]c3)cc21. The Hall–Kier alpha value is -3.61. The summed E-state index contributed by atoms with van der Waals surface area (Å²) in [6.07, 6.45) is 4.99. The van der Waals surface area contributed by atoms with E-state index in [1.807, 2.05) is 24.3 Å². The van der Waals surface area contributed by atoms with Gasteiger partial charge in [-0.3, -0.25) is 14.7 Å². The van der Waals surface area contributed by atoms with Gasteiger partial charge in [0.25, 0.3) is 11.8 Å². The minimum atomic E-state index is -0.410. The van der Waals surface area contributed by atoms with Crippen molar-refractivity contribution in [3.63, 3.8) is 0 Å². The van der Waals surface area contributed by atoms with Crippen LogP contribution in [0.25, 0.3) is 0 Å². The average molecular weight is 418 g/mol. The van der Waals surface area contributed by atoms with Crippen LogP contribution in [0.1, 0.15) is 50.8 Å². The molecule has 1 unspecified atom stereocenters. The number of rotatable bonds is 7. The van der Waals surface area contributed by atoms with Gasteiger partial charge in [-0.2, -0.15) is 5.10 Å². The van der Waals surface area contributed by atoms with E-state index in [0.29, 0.717) is 36.4 Å². The van der Waals surface area contributed by atoms with Crippen LogP contribution < -0.4 is 15.4 Å². The summed E-state index contributed by atoms with van der Waals surface area (Å²) in [5, 5.41) is 12.3. The van der Waals surface area contributed by atoms with Crippen LogP contribution in [0.15, 0.2) is 54.9 Å². The maximum atomic E-state index is 13.0. The zero-order valence-corrected chi connectivity index (χ0v) is 17.7. The van der Waals surface area contributed by atoms with Crippen molar-refractivity contribution in [2.24, 2.45) is 0 Å². The molecule has 2 aromatic carbocycles. The first-order valence-electron chi connectivity index (χ1n) is 10.4. The van der Waals surface area contributed by atoms with Gasteiger partial charge in [-0.25, -0.2) is 0 Å². The fraction of sp³-hybridized carbons (Fsp3) is 0.292. The van der Waals surface area contributed by atoms with Gasteiger partial charge in [0, 0.05) is 30.9 Å². The molecular weight excluding hydrogens is 392 g/mol. The summed E-state index contributed by atoms with van der Waals surface area (Å²) in [6, 6.07) is 13.6. The van der Waals surface area contributed by atoms with Crippen molar-refractivity contribution in [2.75, 3.05) is 20.2 Å². The largest absolute Gasteiger partial charge is 0.491 e. The molecule has 7 heteroatoms. The van der Waals surface area contributed by atoms with E-state index in [9.17, 15) is 9.59 Å². The Morgan fingerprint density at radius 2 is 2.00 bits per heavy atom. The summed E-state index contributed by atoms with van der Waals surface area (Å²) >= 11 is 0. The third kappa shape index (κ3) is 3.79. The summed E-state index contributed by atoms with van der Waals surface area (Å²) in [7, 11) is 1.58. The van der Waals surface area contributed by atoms with Crippen LogP contribution in [0, 0.1) is 0 Å². The number of carbonyl (C=O) groups excluding carboxylic acids is 2. The first-order chi connectivity index (χ1) is 15.1. The van der Waals surface area contributed by atoms with Gasteiger partial charge in [-0.15, -0.1) is 0 Å². The number of ether oxygens (including phenoxy) is 1. The number of H-pyrrole nitrogens is 1. The van der Waals surface area contributed by atoms with Crippen molar-refractivity contribution in [3.05, 3.63) is 82.7 Å². The number of hydrogen-bond donors (Lipinski definition) is 3. The molecule has 3 N–H and O–H groups in total. The molecule has 31 heavy (non-hydrogen) atoms. The summed E-state index contributed by atoms with van der Waals surface area (Å²) in [6.45, 7) is 3.00. The van der Waals surface area contributed by atoms with Crippen LogP contribution in [0.2, 0.25) is 0 Å². The molecule has 2 amide bonds. The first kappa shape index (κ1) is 20.7. The Labute approximate surface area is 181 Å². The predicted octanol–water partition coefficient (Wildman–Crippen LogP) is 2.83. The first-order valence-corrected chi connectivity index (χ1v) is 10.4. The average Bonchev–Trinajstić information content (AvgIpc) is 3.46. The number of aromatic nitrogens is 2. The van der Waals surface area contributed by atoms with E-state index < -0.39 is 5.41 Å². The van der Waals surface area contributed by atoms with E-state index in [0.717, 1.165) is 23.1 Å². The molecule has 0 bridgehead atoms. The molecule has 0 saturated carbocycles. The summed E-state index contributed by atoms with van der Waals surface area (Å²) < 4.78 is 6.08. The van der Waals surface area contributed by atoms with E-state index in [2.05, 4.69) is 39.9 Å². The predicted molar refractivity (Wildman–Crippen MR) is 117 cm³/mol. The van der Waals surface area contributed by atoms with Gasteiger partial charge < -0.3 is 15.4 Å². The van der Waals surface area contributed by atoms with Gasteiger partial charge in [0.2, 0.25) is 0 Å². The molecule has 3 aromatic rings. The van der Waals surface area contributed by atoms with Crippen molar-refractivity contribution < 1.29 is 14.3 Å². The molecule has 7 nitrogen and oxygen atoms in total. The van der Waals surface area contributed by atoms with Crippen LogP contribution in [-0.2, 0) is 11.8 Å². The number of nitrogens with one attached hydrogen (secondary N) is 3. The third-order valence-corrected chi connectivity index (χ3v) is 5.99. The number of benzene rings is 2. The topological polar surface area (TPSA) is 96.1 Å². The van der Waals surface area contributed by atoms with E-state index >= 15 is 0 Å². The Bertz CT molecular complexity index is 1080.